The molecule has 0 saturated heterocycles. The number of anilines is 1. The number of hydrogen-bond acceptors (Lipinski definition) is 7. The Hall–Kier alpha value is -3.82. The van der Waals surface area contributed by atoms with Gasteiger partial charge in [0.15, 0.2) is 0 Å². The lowest BCUT2D eigenvalue weighted by atomic mass is 10.1. The van der Waals surface area contributed by atoms with Crippen LogP contribution in [-0.2, 0) is 17.7 Å². The molecule has 39 heavy (non-hydrogen) atoms. The Labute approximate surface area is 228 Å². The second kappa shape index (κ2) is 12.4. The molecule has 1 atom stereocenters. The number of nitrogens with one attached hydrogen (secondary N) is 1. The smallest absolute Gasteiger partial charge is 0.223 e. The molecule has 0 bridgehead atoms. The Morgan fingerprint density at radius 3 is 2.67 bits per heavy atom. The number of ether oxygens (including phenoxy) is 2. The molecule has 1 N–H and O–H groups in total. The maximum absolute atomic E-state index is 13.8. The number of para-hydroxylation sites is 1. The zero-order valence-electron chi connectivity index (χ0n) is 22.7. The van der Waals surface area contributed by atoms with Crippen LogP contribution in [0.1, 0.15) is 30.8 Å². The summed E-state index contributed by atoms with van der Waals surface area (Å²) in [6.45, 7) is 5.71. The largest absolute Gasteiger partial charge is 0.496 e. The van der Waals surface area contributed by atoms with E-state index in [2.05, 4.69) is 25.8 Å². The van der Waals surface area contributed by atoms with Crippen LogP contribution in [0.5, 0.6) is 5.75 Å². The third-order valence-electron chi connectivity index (χ3n) is 7.07. The van der Waals surface area contributed by atoms with E-state index in [1.807, 2.05) is 31.2 Å². The number of hydrogen-bond donors (Lipinski definition) is 1. The van der Waals surface area contributed by atoms with Gasteiger partial charge in [-0.05, 0) is 49.7 Å². The molecule has 1 aliphatic heterocycles. The van der Waals surface area contributed by atoms with Crippen molar-refractivity contribution in [2.24, 2.45) is 0 Å². The summed E-state index contributed by atoms with van der Waals surface area (Å²) in [6.07, 6.45) is 3.60. The Kier molecular flexibility index (Phi) is 8.48. The second-order valence-electron chi connectivity index (χ2n) is 9.63. The van der Waals surface area contributed by atoms with Gasteiger partial charge in [0.2, 0.25) is 5.95 Å². The van der Waals surface area contributed by atoms with E-state index in [0.29, 0.717) is 12.6 Å². The number of imidazole rings is 1. The molecule has 0 radical (unpaired) electrons. The van der Waals surface area contributed by atoms with Crippen molar-refractivity contribution < 1.29 is 13.9 Å². The van der Waals surface area contributed by atoms with E-state index in [0.717, 1.165) is 78.8 Å². The highest BCUT2D eigenvalue weighted by Gasteiger charge is 2.32. The van der Waals surface area contributed by atoms with Crippen LogP contribution in [0.15, 0.2) is 60.8 Å². The Bertz CT molecular complexity index is 1390. The minimum atomic E-state index is -0.272. The Balaban J connectivity index is 1.54. The van der Waals surface area contributed by atoms with E-state index in [4.69, 9.17) is 19.4 Å². The molecule has 0 unspecified atom stereocenters. The fourth-order valence-electron chi connectivity index (χ4n) is 5.26. The average Bonchev–Trinajstić information content (AvgIpc) is 3.52. The van der Waals surface area contributed by atoms with Crippen LogP contribution in [0.2, 0.25) is 0 Å². The summed E-state index contributed by atoms with van der Waals surface area (Å²) in [5.41, 5.74) is 4.53. The van der Waals surface area contributed by atoms with Crippen LogP contribution in [0, 0.1) is 5.82 Å². The van der Waals surface area contributed by atoms with Crippen molar-refractivity contribution >= 4 is 5.95 Å². The highest BCUT2D eigenvalue weighted by Crippen LogP contribution is 2.39. The van der Waals surface area contributed by atoms with Crippen molar-refractivity contribution in [3.05, 3.63) is 78.0 Å². The maximum atomic E-state index is 13.8. The lowest BCUT2D eigenvalue weighted by Gasteiger charge is -2.28. The van der Waals surface area contributed by atoms with Crippen LogP contribution in [0.25, 0.3) is 22.6 Å². The monoisotopic (exact) mass is 530 g/mol. The summed E-state index contributed by atoms with van der Waals surface area (Å²) >= 11 is 0. The normalized spacial score (nSPS) is 14.5. The zero-order chi connectivity index (χ0) is 27.2. The van der Waals surface area contributed by atoms with Crippen molar-refractivity contribution in [1.82, 2.24) is 24.4 Å². The van der Waals surface area contributed by atoms with Gasteiger partial charge in [0.05, 0.1) is 30.8 Å². The topological polar surface area (TPSA) is 77.3 Å². The molecule has 8 nitrogen and oxygen atoms in total. The van der Waals surface area contributed by atoms with E-state index in [1.54, 1.807) is 32.5 Å². The van der Waals surface area contributed by atoms with Crippen molar-refractivity contribution in [1.29, 1.82) is 0 Å². The first-order chi connectivity index (χ1) is 19.1. The number of aromatic nitrogens is 4. The molecule has 0 aliphatic carbocycles. The van der Waals surface area contributed by atoms with Gasteiger partial charge in [-0.2, -0.15) is 0 Å². The number of halogens is 1. The molecule has 0 amide bonds. The summed E-state index contributed by atoms with van der Waals surface area (Å²) in [6, 6.07) is 16.8. The lowest BCUT2D eigenvalue weighted by Crippen LogP contribution is -2.32. The minimum Gasteiger partial charge on any atom is -0.496 e. The summed E-state index contributed by atoms with van der Waals surface area (Å²) in [7, 11) is 3.44. The van der Waals surface area contributed by atoms with Crippen LogP contribution >= 0.6 is 0 Å². The van der Waals surface area contributed by atoms with Gasteiger partial charge in [-0.3, -0.25) is 4.90 Å². The van der Waals surface area contributed by atoms with Crippen LogP contribution in [0.3, 0.4) is 0 Å². The van der Waals surface area contributed by atoms with Gasteiger partial charge in [-0.15, -0.1) is 0 Å². The van der Waals surface area contributed by atoms with Gasteiger partial charge in [0.25, 0.3) is 0 Å². The lowest BCUT2D eigenvalue weighted by molar-refractivity contribution is 0.133. The van der Waals surface area contributed by atoms with E-state index in [1.165, 1.54) is 12.1 Å². The Morgan fingerprint density at radius 1 is 1.08 bits per heavy atom. The van der Waals surface area contributed by atoms with E-state index in [9.17, 15) is 4.39 Å². The zero-order valence-corrected chi connectivity index (χ0v) is 22.7. The molecule has 204 valence electrons. The van der Waals surface area contributed by atoms with E-state index < -0.39 is 0 Å². The summed E-state index contributed by atoms with van der Waals surface area (Å²) < 4.78 is 27.2. The average molecular weight is 531 g/mol. The molecule has 2 aromatic carbocycles. The Morgan fingerprint density at radius 2 is 1.90 bits per heavy atom. The van der Waals surface area contributed by atoms with E-state index in [-0.39, 0.29) is 11.9 Å². The summed E-state index contributed by atoms with van der Waals surface area (Å²) in [5.74, 6) is 2.20. The number of methoxy groups -OCH3 is 2. The molecular weight excluding hydrogens is 495 g/mol. The van der Waals surface area contributed by atoms with Crippen molar-refractivity contribution in [3.63, 3.8) is 0 Å². The molecule has 1 aliphatic rings. The van der Waals surface area contributed by atoms with Gasteiger partial charge >= 0.3 is 0 Å². The fourth-order valence-corrected chi connectivity index (χ4v) is 5.26. The first-order valence-electron chi connectivity index (χ1n) is 13.4. The second-order valence-corrected chi connectivity index (χ2v) is 9.63. The molecule has 9 heteroatoms. The number of fused-ring (bicyclic) bond motifs is 1. The molecule has 0 fully saturated rings. The maximum Gasteiger partial charge on any atom is 0.223 e. The third kappa shape index (κ3) is 5.94. The fraction of sp³-hybridized carbons (Fsp3) is 0.367. The van der Waals surface area contributed by atoms with Crippen molar-refractivity contribution in [2.45, 2.75) is 32.4 Å². The summed E-state index contributed by atoms with van der Waals surface area (Å²) in [4.78, 5) is 16.7. The van der Waals surface area contributed by atoms with Gasteiger partial charge in [0, 0.05) is 63.1 Å². The van der Waals surface area contributed by atoms with Crippen LogP contribution in [-0.4, -0.2) is 64.9 Å². The molecular formula is C30H35FN6O2. The predicted octanol–water partition coefficient (Wildman–Crippen LogP) is 5.22. The molecule has 4 aromatic rings. The van der Waals surface area contributed by atoms with Gasteiger partial charge in [-0.25, -0.2) is 19.3 Å². The molecule has 2 aromatic heterocycles. The highest BCUT2D eigenvalue weighted by atomic mass is 19.1. The number of aryl methyl sites for hydroxylation is 1. The van der Waals surface area contributed by atoms with Crippen molar-refractivity contribution in [3.8, 4) is 28.4 Å². The standard InChI is InChI=1S/C30H35FN6O2/c1-4-32-30-33-16-15-25(34-30)29-28(21-9-11-23(31)12-10-21)35-27-14-13-24(37(27)29)20-36(17-18-38-2)19-22-7-5-6-8-26(22)39-3/h5-12,15-16,24H,4,13-14,17-20H2,1-3H3,(H,32,33,34)/t24-/m0/s1. The van der Waals surface area contributed by atoms with Crippen LogP contribution in [0.4, 0.5) is 10.3 Å². The molecule has 0 saturated carbocycles. The number of nitrogens with zero attached hydrogens (tertiary/aromatic N) is 5. The summed E-state index contributed by atoms with van der Waals surface area (Å²) in [5, 5.41) is 3.21. The quantitative estimate of drug-likeness (QED) is 0.269. The minimum absolute atomic E-state index is 0.181. The SMILES string of the molecule is CCNc1nccc(-c2c(-c3ccc(F)cc3)nc3n2[C@H](CN(CCOC)Cc2ccccc2OC)CC3)n1. The molecule has 3 heterocycles. The number of rotatable bonds is 12. The highest BCUT2D eigenvalue weighted by molar-refractivity contribution is 5.78. The van der Waals surface area contributed by atoms with Crippen LogP contribution < -0.4 is 10.1 Å². The first-order valence-corrected chi connectivity index (χ1v) is 13.4. The van der Waals surface area contributed by atoms with Gasteiger partial charge < -0.3 is 19.4 Å². The van der Waals surface area contributed by atoms with Gasteiger partial charge in [-0.1, -0.05) is 18.2 Å². The predicted molar refractivity (Wildman–Crippen MR) is 150 cm³/mol. The third-order valence-corrected chi connectivity index (χ3v) is 7.07. The molecule has 0 spiro atoms. The first kappa shape index (κ1) is 26.8. The van der Waals surface area contributed by atoms with E-state index >= 15 is 0 Å². The number of benzene rings is 2. The molecule has 5 rings (SSSR count). The van der Waals surface area contributed by atoms with Crippen molar-refractivity contribution in [2.75, 3.05) is 45.8 Å². The van der Waals surface area contributed by atoms with Gasteiger partial charge in [0.1, 0.15) is 17.4 Å².